The lowest BCUT2D eigenvalue weighted by molar-refractivity contribution is 0.147. The Bertz CT molecular complexity index is 352. The third kappa shape index (κ3) is 4.26. The molecule has 0 aliphatic carbocycles. The van der Waals surface area contributed by atoms with Crippen LogP contribution in [0.1, 0.15) is 50.8 Å². The molecule has 0 saturated heterocycles. The predicted molar refractivity (Wildman–Crippen MR) is 72.5 cm³/mol. The molecule has 1 aromatic carbocycles. The van der Waals surface area contributed by atoms with Gasteiger partial charge < -0.3 is 5.11 Å². The SMILES string of the molecule is Cc1cc(C(O)CCC(C)(C)C)ccc1Br. The van der Waals surface area contributed by atoms with E-state index in [-0.39, 0.29) is 11.5 Å². The van der Waals surface area contributed by atoms with Crippen molar-refractivity contribution in [1.29, 1.82) is 0 Å². The number of benzene rings is 1. The molecule has 0 bridgehead atoms. The van der Waals surface area contributed by atoms with Gasteiger partial charge in [-0.05, 0) is 42.4 Å². The zero-order chi connectivity index (χ0) is 12.3. The zero-order valence-electron chi connectivity index (χ0n) is 10.5. The number of rotatable bonds is 3. The van der Waals surface area contributed by atoms with Crippen LogP contribution < -0.4 is 0 Å². The molecule has 0 aliphatic heterocycles. The Labute approximate surface area is 107 Å². The maximum absolute atomic E-state index is 10.1. The highest BCUT2D eigenvalue weighted by Gasteiger charge is 2.15. The van der Waals surface area contributed by atoms with Crippen LogP contribution in [0.2, 0.25) is 0 Å². The van der Waals surface area contributed by atoms with Gasteiger partial charge in [0.05, 0.1) is 6.10 Å². The van der Waals surface area contributed by atoms with E-state index in [1.54, 1.807) is 0 Å². The summed E-state index contributed by atoms with van der Waals surface area (Å²) >= 11 is 3.47. The molecule has 0 fully saturated rings. The second kappa shape index (κ2) is 5.33. The van der Waals surface area contributed by atoms with Crippen LogP contribution in [0, 0.1) is 12.3 Å². The molecule has 2 heteroatoms. The van der Waals surface area contributed by atoms with Crippen molar-refractivity contribution in [2.75, 3.05) is 0 Å². The van der Waals surface area contributed by atoms with Gasteiger partial charge in [0, 0.05) is 4.47 Å². The van der Waals surface area contributed by atoms with E-state index in [1.165, 1.54) is 5.56 Å². The minimum Gasteiger partial charge on any atom is -0.388 e. The molecule has 0 saturated carbocycles. The van der Waals surface area contributed by atoms with E-state index < -0.39 is 0 Å². The fourth-order valence-corrected chi connectivity index (χ4v) is 1.86. The Morgan fingerprint density at radius 3 is 2.44 bits per heavy atom. The number of hydrogen-bond donors (Lipinski definition) is 1. The molecule has 16 heavy (non-hydrogen) atoms. The standard InChI is InChI=1S/C14H21BrO/c1-10-9-11(5-6-12(10)15)13(16)7-8-14(2,3)4/h5-6,9,13,16H,7-8H2,1-4H3. The lowest BCUT2D eigenvalue weighted by atomic mass is 9.88. The highest BCUT2D eigenvalue weighted by molar-refractivity contribution is 9.10. The highest BCUT2D eigenvalue weighted by atomic mass is 79.9. The molecule has 1 rings (SSSR count). The van der Waals surface area contributed by atoms with Crippen molar-refractivity contribution >= 4 is 15.9 Å². The van der Waals surface area contributed by atoms with E-state index >= 15 is 0 Å². The van der Waals surface area contributed by atoms with Gasteiger partial charge in [0.1, 0.15) is 0 Å². The molecule has 90 valence electrons. The number of aliphatic hydroxyl groups excluding tert-OH is 1. The summed E-state index contributed by atoms with van der Waals surface area (Å²) in [4.78, 5) is 0. The highest BCUT2D eigenvalue weighted by Crippen LogP contribution is 2.28. The van der Waals surface area contributed by atoms with E-state index in [0.29, 0.717) is 0 Å². The van der Waals surface area contributed by atoms with Gasteiger partial charge in [0.2, 0.25) is 0 Å². The van der Waals surface area contributed by atoms with E-state index in [0.717, 1.165) is 22.9 Å². The summed E-state index contributed by atoms with van der Waals surface area (Å²) in [6.45, 7) is 8.65. The van der Waals surface area contributed by atoms with Gasteiger partial charge in [-0.15, -0.1) is 0 Å². The fraction of sp³-hybridized carbons (Fsp3) is 0.571. The first-order valence-corrected chi connectivity index (χ1v) is 6.53. The predicted octanol–water partition coefficient (Wildman–Crippen LogP) is 4.62. The van der Waals surface area contributed by atoms with Crippen molar-refractivity contribution in [1.82, 2.24) is 0 Å². The Morgan fingerprint density at radius 1 is 1.31 bits per heavy atom. The van der Waals surface area contributed by atoms with Crippen molar-refractivity contribution in [3.63, 3.8) is 0 Å². The van der Waals surface area contributed by atoms with Crippen LogP contribution in [-0.2, 0) is 0 Å². The summed E-state index contributed by atoms with van der Waals surface area (Å²) in [6, 6.07) is 6.05. The van der Waals surface area contributed by atoms with Crippen molar-refractivity contribution in [2.24, 2.45) is 5.41 Å². The molecule has 0 aromatic heterocycles. The third-order valence-electron chi connectivity index (χ3n) is 2.73. The minimum absolute atomic E-state index is 0.283. The quantitative estimate of drug-likeness (QED) is 0.859. The molecular weight excluding hydrogens is 264 g/mol. The summed E-state index contributed by atoms with van der Waals surface area (Å²) in [5.41, 5.74) is 2.48. The van der Waals surface area contributed by atoms with Crippen molar-refractivity contribution < 1.29 is 5.11 Å². The van der Waals surface area contributed by atoms with Gasteiger partial charge in [-0.2, -0.15) is 0 Å². The van der Waals surface area contributed by atoms with Gasteiger partial charge in [-0.1, -0.05) is 48.8 Å². The largest absolute Gasteiger partial charge is 0.388 e. The molecule has 0 amide bonds. The topological polar surface area (TPSA) is 20.2 Å². The lowest BCUT2D eigenvalue weighted by Gasteiger charge is -2.20. The zero-order valence-corrected chi connectivity index (χ0v) is 12.1. The molecular formula is C14H21BrO. The second-order valence-electron chi connectivity index (χ2n) is 5.62. The van der Waals surface area contributed by atoms with Crippen molar-refractivity contribution in [3.8, 4) is 0 Å². The van der Waals surface area contributed by atoms with Gasteiger partial charge >= 0.3 is 0 Å². The lowest BCUT2D eigenvalue weighted by Crippen LogP contribution is -2.08. The maximum atomic E-state index is 10.1. The number of halogens is 1. The van der Waals surface area contributed by atoms with Gasteiger partial charge in [-0.25, -0.2) is 0 Å². The van der Waals surface area contributed by atoms with Crippen LogP contribution in [0.4, 0.5) is 0 Å². The van der Waals surface area contributed by atoms with Crippen LogP contribution in [0.3, 0.4) is 0 Å². The Morgan fingerprint density at radius 2 is 1.94 bits per heavy atom. The van der Waals surface area contributed by atoms with Crippen LogP contribution in [-0.4, -0.2) is 5.11 Å². The first-order chi connectivity index (χ1) is 7.29. The summed E-state index contributed by atoms with van der Waals surface area (Å²) in [5.74, 6) is 0. The molecule has 0 radical (unpaired) electrons. The molecule has 0 aliphatic rings. The first-order valence-electron chi connectivity index (χ1n) is 5.74. The summed E-state index contributed by atoms with van der Waals surface area (Å²) in [7, 11) is 0. The smallest absolute Gasteiger partial charge is 0.0790 e. The van der Waals surface area contributed by atoms with E-state index in [9.17, 15) is 5.11 Å². The van der Waals surface area contributed by atoms with Gasteiger partial charge in [0.15, 0.2) is 0 Å². The van der Waals surface area contributed by atoms with Crippen molar-refractivity contribution in [3.05, 3.63) is 33.8 Å². The number of aryl methyl sites for hydroxylation is 1. The van der Waals surface area contributed by atoms with Crippen LogP contribution in [0.5, 0.6) is 0 Å². The van der Waals surface area contributed by atoms with Gasteiger partial charge in [0.25, 0.3) is 0 Å². The number of aliphatic hydroxyl groups is 1. The molecule has 0 spiro atoms. The van der Waals surface area contributed by atoms with Crippen LogP contribution in [0.15, 0.2) is 22.7 Å². The Hall–Kier alpha value is -0.340. The maximum Gasteiger partial charge on any atom is 0.0790 e. The first kappa shape index (κ1) is 13.7. The molecule has 1 N–H and O–H groups in total. The van der Waals surface area contributed by atoms with E-state index in [1.807, 2.05) is 19.1 Å². The summed E-state index contributed by atoms with van der Waals surface area (Å²) < 4.78 is 1.10. The Kier molecular flexibility index (Phi) is 4.57. The minimum atomic E-state index is -0.342. The fourth-order valence-electron chi connectivity index (χ4n) is 1.61. The normalized spacial score (nSPS) is 13.9. The van der Waals surface area contributed by atoms with Gasteiger partial charge in [-0.3, -0.25) is 0 Å². The Balaban J connectivity index is 2.66. The summed E-state index contributed by atoms with van der Waals surface area (Å²) in [6.07, 6.45) is 1.51. The molecule has 1 atom stereocenters. The molecule has 0 heterocycles. The number of hydrogen-bond acceptors (Lipinski definition) is 1. The second-order valence-corrected chi connectivity index (χ2v) is 6.48. The average Bonchev–Trinajstić information content (AvgIpc) is 2.17. The summed E-state index contributed by atoms with van der Waals surface area (Å²) in [5, 5.41) is 10.1. The monoisotopic (exact) mass is 284 g/mol. The van der Waals surface area contributed by atoms with Crippen molar-refractivity contribution in [2.45, 2.75) is 46.6 Å². The molecule has 1 aromatic rings. The van der Waals surface area contributed by atoms with Crippen LogP contribution in [0.25, 0.3) is 0 Å². The molecule has 1 nitrogen and oxygen atoms in total. The van der Waals surface area contributed by atoms with Crippen LogP contribution >= 0.6 is 15.9 Å². The average molecular weight is 285 g/mol. The third-order valence-corrected chi connectivity index (χ3v) is 3.62. The van der Waals surface area contributed by atoms with E-state index in [4.69, 9.17) is 0 Å². The van der Waals surface area contributed by atoms with E-state index in [2.05, 4.69) is 42.8 Å². The molecule has 1 unspecified atom stereocenters.